The van der Waals surface area contributed by atoms with Crippen molar-refractivity contribution in [3.8, 4) is 5.75 Å². The Hall–Kier alpha value is -1.55. The Morgan fingerprint density at radius 2 is 2.11 bits per heavy atom. The van der Waals surface area contributed by atoms with Gasteiger partial charge in [-0.05, 0) is 43.9 Å². The predicted octanol–water partition coefficient (Wildman–Crippen LogP) is 2.02. The van der Waals surface area contributed by atoms with E-state index in [0.29, 0.717) is 6.61 Å². The monoisotopic (exact) mass is 262 g/mol. The van der Waals surface area contributed by atoms with Gasteiger partial charge in [0, 0.05) is 14.1 Å². The lowest BCUT2D eigenvalue weighted by atomic mass is 9.93. The Balaban J connectivity index is 2.22. The van der Waals surface area contributed by atoms with Gasteiger partial charge in [0.05, 0.1) is 12.0 Å². The second kappa shape index (κ2) is 5.21. The van der Waals surface area contributed by atoms with Crippen molar-refractivity contribution in [3.05, 3.63) is 29.3 Å². The molecule has 4 nitrogen and oxygen atoms in total. The summed E-state index contributed by atoms with van der Waals surface area (Å²) in [5.74, 6) is 0.983. The number of carbonyl (C=O) groups is 1. The lowest BCUT2D eigenvalue weighted by molar-refractivity contribution is -0.127. The molecule has 0 saturated heterocycles. The molecule has 1 saturated carbocycles. The molecule has 1 N–H and O–H groups in total. The lowest BCUT2D eigenvalue weighted by Gasteiger charge is -2.20. The van der Waals surface area contributed by atoms with Crippen LogP contribution in [-0.2, 0) is 10.2 Å². The average molecular weight is 262 g/mol. The van der Waals surface area contributed by atoms with E-state index in [1.54, 1.807) is 5.01 Å². The number of hydrogen-bond donors (Lipinski definition) is 1. The van der Waals surface area contributed by atoms with Crippen LogP contribution in [0.4, 0.5) is 0 Å². The fourth-order valence-electron chi connectivity index (χ4n) is 2.35. The third-order valence-electron chi connectivity index (χ3n) is 3.54. The summed E-state index contributed by atoms with van der Waals surface area (Å²) in [6.07, 6.45) is 1.83. The Labute approximate surface area is 114 Å². The van der Waals surface area contributed by atoms with E-state index in [4.69, 9.17) is 4.74 Å². The number of aryl methyl sites for hydroxylation is 1. The van der Waals surface area contributed by atoms with Gasteiger partial charge < -0.3 is 4.74 Å². The summed E-state index contributed by atoms with van der Waals surface area (Å²) < 4.78 is 5.54. The van der Waals surface area contributed by atoms with E-state index in [2.05, 4.69) is 11.5 Å². The van der Waals surface area contributed by atoms with E-state index in [1.165, 1.54) is 0 Å². The van der Waals surface area contributed by atoms with Gasteiger partial charge in [0.1, 0.15) is 5.75 Å². The van der Waals surface area contributed by atoms with Crippen LogP contribution < -0.4 is 10.2 Å². The number of nitrogens with one attached hydrogen (secondary N) is 1. The van der Waals surface area contributed by atoms with Crippen LogP contribution in [0.15, 0.2) is 18.2 Å². The fraction of sp³-hybridized carbons (Fsp3) is 0.533. The molecule has 1 fully saturated rings. The number of hydrazine groups is 1. The number of hydrogen-bond acceptors (Lipinski definition) is 3. The standard InChI is InChI=1S/C15H22N2O2/c1-5-19-13-7-6-12(10-11(13)2)15(8-9-15)14(18)16-17(3)4/h6-7,10H,5,8-9H2,1-4H3,(H,16,18). The Morgan fingerprint density at radius 3 is 2.58 bits per heavy atom. The molecule has 0 aromatic heterocycles. The van der Waals surface area contributed by atoms with Crippen LogP contribution in [0.5, 0.6) is 5.75 Å². The second-order valence-electron chi connectivity index (χ2n) is 5.33. The molecule has 0 bridgehead atoms. The molecule has 2 rings (SSSR count). The third kappa shape index (κ3) is 2.73. The van der Waals surface area contributed by atoms with Gasteiger partial charge in [-0.2, -0.15) is 0 Å². The van der Waals surface area contributed by atoms with Crippen LogP contribution in [0.2, 0.25) is 0 Å². The SMILES string of the molecule is CCOc1ccc(C2(C(=O)NN(C)C)CC2)cc1C. The van der Waals surface area contributed by atoms with E-state index in [9.17, 15) is 4.79 Å². The van der Waals surface area contributed by atoms with Crippen molar-refractivity contribution in [2.24, 2.45) is 0 Å². The maximum absolute atomic E-state index is 12.3. The van der Waals surface area contributed by atoms with Crippen LogP contribution in [0.25, 0.3) is 0 Å². The molecule has 0 heterocycles. The first kappa shape index (κ1) is 13.9. The van der Waals surface area contributed by atoms with Crippen molar-refractivity contribution in [1.82, 2.24) is 10.4 Å². The molecule has 1 aromatic carbocycles. The highest BCUT2D eigenvalue weighted by Gasteiger charge is 2.51. The molecule has 0 atom stereocenters. The van der Waals surface area contributed by atoms with Crippen LogP contribution in [0.3, 0.4) is 0 Å². The van der Waals surface area contributed by atoms with Crippen molar-refractivity contribution in [3.63, 3.8) is 0 Å². The van der Waals surface area contributed by atoms with Crippen molar-refractivity contribution in [2.45, 2.75) is 32.1 Å². The quantitative estimate of drug-likeness (QED) is 0.825. The molecular weight excluding hydrogens is 240 g/mol. The normalized spacial score (nSPS) is 16.3. The maximum Gasteiger partial charge on any atom is 0.244 e. The largest absolute Gasteiger partial charge is 0.494 e. The number of ether oxygens (including phenoxy) is 1. The van der Waals surface area contributed by atoms with E-state index in [1.807, 2.05) is 40.1 Å². The lowest BCUT2D eigenvalue weighted by Crippen LogP contribution is -2.42. The van der Waals surface area contributed by atoms with Gasteiger partial charge in [-0.1, -0.05) is 12.1 Å². The summed E-state index contributed by atoms with van der Waals surface area (Å²) >= 11 is 0. The first-order valence-electron chi connectivity index (χ1n) is 6.72. The van der Waals surface area contributed by atoms with Gasteiger partial charge in [0.2, 0.25) is 5.91 Å². The molecule has 19 heavy (non-hydrogen) atoms. The first-order valence-corrected chi connectivity index (χ1v) is 6.72. The molecule has 1 amide bonds. The van der Waals surface area contributed by atoms with E-state index < -0.39 is 0 Å². The predicted molar refractivity (Wildman–Crippen MR) is 75.1 cm³/mol. The highest BCUT2D eigenvalue weighted by atomic mass is 16.5. The van der Waals surface area contributed by atoms with Crippen LogP contribution in [0, 0.1) is 6.92 Å². The Morgan fingerprint density at radius 1 is 1.42 bits per heavy atom. The number of carbonyl (C=O) groups excluding carboxylic acids is 1. The van der Waals surface area contributed by atoms with Gasteiger partial charge in [0.15, 0.2) is 0 Å². The summed E-state index contributed by atoms with van der Waals surface area (Å²) in [6.45, 7) is 4.65. The maximum atomic E-state index is 12.3. The van der Waals surface area contributed by atoms with Crippen molar-refractivity contribution >= 4 is 5.91 Å². The first-order chi connectivity index (χ1) is 8.99. The summed E-state index contributed by atoms with van der Waals surface area (Å²) in [6, 6.07) is 6.06. The Bertz CT molecular complexity index is 479. The third-order valence-corrected chi connectivity index (χ3v) is 3.54. The average Bonchev–Trinajstić information content (AvgIpc) is 3.12. The number of benzene rings is 1. The second-order valence-corrected chi connectivity index (χ2v) is 5.33. The summed E-state index contributed by atoms with van der Waals surface area (Å²) in [4.78, 5) is 12.3. The molecule has 104 valence electrons. The minimum Gasteiger partial charge on any atom is -0.494 e. The van der Waals surface area contributed by atoms with Crippen molar-refractivity contribution < 1.29 is 9.53 Å². The highest BCUT2D eigenvalue weighted by Crippen LogP contribution is 2.49. The summed E-state index contributed by atoms with van der Waals surface area (Å²) in [7, 11) is 3.66. The molecule has 0 unspecified atom stereocenters. The summed E-state index contributed by atoms with van der Waals surface area (Å²) in [5, 5.41) is 1.70. The molecule has 0 aliphatic heterocycles. The molecule has 1 aliphatic carbocycles. The van der Waals surface area contributed by atoms with Gasteiger partial charge in [0.25, 0.3) is 0 Å². The topological polar surface area (TPSA) is 41.6 Å². The van der Waals surface area contributed by atoms with Crippen molar-refractivity contribution in [1.29, 1.82) is 0 Å². The molecular formula is C15H22N2O2. The van der Waals surface area contributed by atoms with Crippen molar-refractivity contribution in [2.75, 3.05) is 20.7 Å². The number of amides is 1. The van der Waals surface area contributed by atoms with Crippen LogP contribution in [-0.4, -0.2) is 31.6 Å². The van der Waals surface area contributed by atoms with Gasteiger partial charge in [-0.25, -0.2) is 5.01 Å². The van der Waals surface area contributed by atoms with Crippen LogP contribution >= 0.6 is 0 Å². The van der Waals surface area contributed by atoms with Crippen LogP contribution in [0.1, 0.15) is 30.9 Å². The molecule has 0 radical (unpaired) electrons. The molecule has 4 heteroatoms. The zero-order valence-electron chi connectivity index (χ0n) is 12.1. The molecule has 1 aromatic rings. The number of nitrogens with zero attached hydrogens (tertiary/aromatic N) is 1. The van der Waals surface area contributed by atoms with E-state index >= 15 is 0 Å². The Kier molecular flexibility index (Phi) is 3.80. The zero-order chi connectivity index (χ0) is 14.0. The van der Waals surface area contributed by atoms with E-state index in [-0.39, 0.29) is 11.3 Å². The smallest absolute Gasteiger partial charge is 0.244 e. The van der Waals surface area contributed by atoms with Gasteiger partial charge in [-0.3, -0.25) is 10.2 Å². The number of rotatable bonds is 5. The minimum atomic E-state index is -0.334. The summed E-state index contributed by atoms with van der Waals surface area (Å²) in [5.41, 5.74) is 4.71. The van der Waals surface area contributed by atoms with Gasteiger partial charge >= 0.3 is 0 Å². The molecule has 1 aliphatic rings. The van der Waals surface area contributed by atoms with Gasteiger partial charge in [-0.15, -0.1) is 0 Å². The minimum absolute atomic E-state index is 0.0843. The molecule has 0 spiro atoms. The zero-order valence-corrected chi connectivity index (χ0v) is 12.1. The highest BCUT2D eigenvalue weighted by molar-refractivity contribution is 5.91. The van der Waals surface area contributed by atoms with E-state index in [0.717, 1.165) is 29.7 Å². The fourth-order valence-corrected chi connectivity index (χ4v) is 2.35.